The summed E-state index contributed by atoms with van der Waals surface area (Å²) in [5.41, 5.74) is 2.39. The predicted molar refractivity (Wildman–Crippen MR) is 75.7 cm³/mol. The van der Waals surface area contributed by atoms with Crippen LogP contribution in [0.15, 0.2) is 21.1 Å². The summed E-state index contributed by atoms with van der Waals surface area (Å²) >= 11 is 0. The van der Waals surface area contributed by atoms with Gasteiger partial charge in [0.25, 0.3) is 5.56 Å². The van der Waals surface area contributed by atoms with Gasteiger partial charge in [0.1, 0.15) is 6.34 Å². The maximum absolute atomic E-state index is 11.4. The number of H-pyrrole nitrogens is 1. The number of fused-ring (bicyclic) bond motifs is 1. The minimum absolute atomic E-state index is 0.0741. The summed E-state index contributed by atoms with van der Waals surface area (Å²) in [6.45, 7) is 4.32. The standard InChI is InChI=1S/C13H19N5O/c1-13(2)6-10(15-14-8-18(3)4)9-5-12(19)17-16-11(9)7-13/h5,8H,6-7H2,1-4H3,(H,17,19). The third-order valence-electron chi connectivity index (χ3n) is 2.95. The van der Waals surface area contributed by atoms with Crippen LogP contribution in [0.3, 0.4) is 0 Å². The van der Waals surface area contributed by atoms with Crippen molar-refractivity contribution in [2.75, 3.05) is 14.1 Å². The highest BCUT2D eigenvalue weighted by Gasteiger charge is 2.31. The Hall–Kier alpha value is -1.98. The molecule has 1 aromatic rings. The number of nitrogens with zero attached hydrogens (tertiary/aromatic N) is 4. The van der Waals surface area contributed by atoms with E-state index in [2.05, 4.69) is 34.2 Å². The van der Waals surface area contributed by atoms with Gasteiger partial charge in [0.15, 0.2) is 0 Å². The van der Waals surface area contributed by atoms with Crippen LogP contribution in [-0.2, 0) is 6.42 Å². The van der Waals surface area contributed by atoms with Gasteiger partial charge in [-0.05, 0) is 18.3 Å². The third-order valence-corrected chi connectivity index (χ3v) is 2.95. The van der Waals surface area contributed by atoms with Gasteiger partial charge in [0.2, 0.25) is 0 Å². The molecule has 6 heteroatoms. The molecule has 1 aliphatic rings. The number of hydrogen-bond acceptors (Lipinski definition) is 4. The lowest BCUT2D eigenvalue weighted by atomic mass is 9.75. The molecule has 0 bridgehead atoms. The molecule has 1 N–H and O–H groups in total. The zero-order valence-electron chi connectivity index (χ0n) is 11.8. The van der Waals surface area contributed by atoms with Gasteiger partial charge in [-0.1, -0.05) is 13.8 Å². The van der Waals surface area contributed by atoms with E-state index in [9.17, 15) is 4.79 Å². The van der Waals surface area contributed by atoms with E-state index in [1.165, 1.54) is 0 Å². The van der Waals surface area contributed by atoms with Crippen molar-refractivity contribution < 1.29 is 0 Å². The number of nitrogens with one attached hydrogen (secondary N) is 1. The van der Waals surface area contributed by atoms with Gasteiger partial charge in [-0.15, -0.1) is 5.10 Å². The van der Waals surface area contributed by atoms with Crippen molar-refractivity contribution in [2.24, 2.45) is 15.6 Å². The Morgan fingerprint density at radius 2 is 2.16 bits per heavy atom. The van der Waals surface area contributed by atoms with Crippen molar-refractivity contribution in [2.45, 2.75) is 26.7 Å². The summed E-state index contributed by atoms with van der Waals surface area (Å²) in [6.07, 6.45) is 3.25. The number of hydrogen-bond donors (Lipinski definition) is 1. The zero-order valence-corrected chi connectivity index (χ0v) is 11.8. The molecule has 1 aromatic heterocycles. The van der Waals surface area contributed by atoms with E-state index < -0.39 is 0 Å². The van der Waals surface area contributed by atoms with Crippen LogP contribution in [0.5, 0.6) is 0 Å². The number of aromatic amines is 1. The highest BCUT2D eigenvalue weighted by atomic mass is 16.1. The molecule has 19 heavy (non-hydrogen) atoms. The van der Waals surface area contributed by atoms with E-state index in [1.807, 2.05) is 19.0 Å². The van der Waals surface area contributed by atoms with E-state index in [4.69, 9.17) is 0 Å². The Balaban J connectivity index is 2.44. The van der Waals surface area contributed by atoms with E-state index in [0.717, 1.165) is 29.8 Å². The van der Waals surface area contributed by atoms with Crippen LogP contribution in [0, 0.1) is 5.41 Å². The summed E-state index contributed by atoms with van der Waals surface area (Å²) < 4.78 is 0. The molecule has 0 spiro atoms. The minimum Gasteiger partial charge on any atom is -0.367 e. The smallest absolute Gasteiger partial charge is 0.264 e. The van der Waals surface area contributed by atoms with E-state index in [0.29, 0.717) is 0 Å². The van der Waals surface area contributed by atoms with Gasteiger partial charge < -0.3 is 4.90 Å². The van der Waals surface area contributed by atoms with Crippen LogP contribution in [0.2, 0.25) is 0 Å². The SMILES string of the molecule is CN(C)C=NN=C1CC(C)(C)Cc2n[nH]c(=O)cc21. The number of rotatable bonds is 2. The fourth-order valence-electron chi connectivity index (χ4n) is 2.17. The molecular weight excluding hydrogens is 242 g/mol. The highest BCUT2D eigenvalue weighted by Crippen LogP contribution is 2.33. The van der Waals surface area contributed by atoms with Crippen LogP contribution in [0.25, 0.3) is 0 Å². The van der Waals surface area contributed by atoms with Gasteiger partial charge in [-0.25, -0.2) is 5.10 Å². The Labute approximate surface area is 112 Å². The Kier molecular flexibility index (Phi) is 3.50. The first kappa shape index (κ1) is 13.5. The second-order valence-corrected chi connectivity index (χ2v) is 5.85. The van der Waals surface area contributed by atoms with Crippen molar-refractivity contribution >= 4 is 12.1 Å². The Morgan fingerprint density at radius 3 is 2.84 bits per heavy atom. The highest BCUT2D eigenvalue weighted by molar-refractivity contribution is 6.02. The second kappa shape index (κ2) is 4.95. The molecule has 1 heterocycles. The van der Waals surface area contributed by atoms with Gasteiger partial charge in [0, 0.05) is 25.7 Å². The second-order valence-electron chi connectivity index (χ2n) is 5.85. The van der Waals surface area contributed by atoms with Crippen LogP contribution >= 0.6 is 0 Å². The first-order chi connectivity index (χ1) is 8.87. The van der Waals surface area contributed by atoms with Crippen molar-refractivity contribution in [1.82, 2.24) is 15.1 Å². The average molecular weight is 261 g/mol. The molecule has 0 saturated carbocycles. The number of aromatic nitrogens is 2. The fraction of sp³-hybridized carbons (Fsp3) is 0.538. The van der Waals surface area contributed by atoms with Crippen LogP contribution in [0.4, 0.5) is 0 Å². The lowest BCUT2D eigenvalue weighted by Crippen LogP contribution is -2.30. The molecule has 102 valence electrons. The van der Waals surface area contributed by atoms with Crippen molar-refractivity contribution in [3.63, 3.8) is 0 Å². The average Bonchev–Trinajstić information content (AvgIpc) is 2.28. The third kappa shape index (κ3) is 3.27. The monoisotopic (exact) mass is 261 g/mol. The molecule has 0 unspecified atom stereocenters. The Bertz CT molecular complexity index is 583. The molecule has 2 rings (SSSR count). The minimum atomic E-state index is -0.206. The maximum atomic E-state index is 11.4. The summed E-state index contributed by atoms with van der Waals surface area (Å²) in [6, 6.07) is 1.56. The van der Waals surface area contributed by atoms with Crippen molar-refractivity contribution in [3.8, 4) is 0 Å². The predicted octanol–water partition coefficient (Wildman–Crippen LogP) is 1.04. The summed E-state index contributed by atoms with van der Waals surface area (Å²) in [5.74, 6) is 0. The van der Waals surface area contributed by atoms with Crippen LogP contribution in [-0.4, -0.2) is 41.2 Å². The maximum Gasteiger partial charge on any atom is 0.264 e. The molecule has 0 fully saturated rings. The van der Waals surface area contributed by atoms with E-state index in [-0.39, 0.29) is 11.0 Å². The molecule has 0 radical (unpaired) electrons. The summed E-state index contributed by atoms with van der Waals surface area (Å²) in [4.78, 5) is 13.2. The van der Waals surface area contributed by atoms with Gasteiger partial charge in [0.05, 0.1) is 11.4 Å². The van der Waals surface area contributed by atoms with Gasteiger partial charge in [-0.2, -0.15) is 10.2 Å². The topological polar surface area (TPSA) is 73.7 Å². The van der Waals surface area contributed by atoms with E-state index in [1.54, 1.807) is 12.4 Å². The fourth-order valence-corrected chi connectivity index (χ4v) is 2.17. The molecular formula is C13H19N5O. The van der Waals surface area contributed by atoms with Gasteiger partial charge >= 0.3 is 0 Å². The largest absolute Gasteiger partial charge is 0.367 e. The normalized spacial score (nSPS) is 19.7. The lowest BCUT2D eigenvalue weighted by molar-refractivity contribution is 0.365. The molecule has 0 aliphatic heterocycles. The summed E-state index contributed by atoms with van der Waals surface area (Å²) in [7, 11) is 3.77. The summed E-state index contributed by atoms with van der Waals surface area (Å²) in [5, 5.41) is 14.9. The molecule has 6 nitrogen and oxygen atoms in total. The van der Waals surface area contributed by atoms with Gasteiger partial charge in [-0.3, -0.25) is 4.79 Å². The molecule has 1 aliphatic carbocycles. The van der Waals surface area contributed by atoms with Crippen LogP contribution < -0.4 is 5.56 Å². The van der Waals surface area contributed by atoms with Crippen molar-refractivity contribution in [1.29, 1.82) is 0 Å². The molecule has 0 saturated heterocycles. The van der Waals surface area contributed by atoms with Crippen LogP contribution in [0.1, 0.15) is 31.5 Å². The molecule has 0 atom stereocenters. The first-order valence-electron chi connectivity index (χ1n) is 6.23. The lowest BCUT2D eigenvalue weighted by Gasteiger charge is -2.30. The quantitative estimate of drug-likeness (QED) is 0.491. The van der Waals surface area contributed by atoms with E-state index >= 15 is 0 Å². The van der Waals surface area contributed by atoms with Crippen molar-refractivity contribution in [3.05, 3.63) is 27.7 Å². The Morgan fingerprint density at radius 1 is 1.42 bits per heavy atom. The zero-order chi connectivity index (χ0) is 14.0. The molecule has 0 aromatic carbocycles. The first-order valence-corrected chi connectivity index (χ1v) is 6.23. The molecule has 0 amide bonds.